The van der Waals surface area contributed by atoms with Gasteiger partial charge in [0.05, 0.1) is 10.6 Å². The van der Waals surface area contributed by atoms with Gasteiger partial charge in [0.1, 0.15) is 39.0 Å². The highest BCUT2D eigenvalue weighted by Gasteiger charge is 2.49. The molecule has 0 aromatic heterocycles. The van der Waals surface area contributed by atoms with E-state index in [2.05, 4.69) is 105 Å². The molecule has 1 N–H and O–H groups in total. The Kier molecular flexibility index (Phi) is 10.5. The largest absolute Gasteiger partial charge is 0.744 e. The monoisotopic (exact) mass is 604 g/mol. The normalized spacial score (nSPS) is 13.2. The Bertz CT molecular complexity index is 1420. The Morgan fingerprint density at radius 3 is 1.24 bits per heavy atom. The second kappa shape index (κ2) is 13.1. The molecule has 4 aromatic rings. The third-order valence-electron chi connectivity index (χ3n) is 7.73. The van der Waals surface area contributed by atoms with Gasteiger partial charge in [-0.25, -0.2) is 8.42 Å². The number of hydrogen-bond acceptors (Lipinski definition) is 4. The number of benzene rings is 4. The minimum Gasteiger partial charge on any atom is -0.744 e. The second-order valence-corrected chi connectivity index (χ2v) is 18.1. The van der Waals surface area contributed by atoms with Gasteiger partial charge in [0.15, 0.2) is 0 Å². The lowest BCUT2D eigenvalue weighted by atomic mass is 9.79. The van der Waals surface area contributed by atoms with Crippen LogP contribution in [0.3, 0.4) is 0 Å². The molecule has 0 aliphatic rings. The molecule has 0 bridgehead atoms. The highest BCUT2D eigenvalue weighted by Crippen LogP contribution is 2.60. The van der Waals surface area contributed by atoms with Gasteiger partial charge >= 0.3 is 0 Å². The first-order chi connectivity index (χ1) is 19.5. The van der Waals surface area contributed by atoms with Gasteiger partial charge in [0.25, 0.3) is 0 Å². The summed E-state index contributed by atoms with van der Waals surface area (Å²) in [5.74, 6) is 0.0624. The standard InChI is InChI=1S/C22H24P.C14H22O4S/c1-3-19(2)23(20-13-7-4-8-14-20,21-15-9-5-10-16-21)22-17-11-6-12-18-22;1-13(2,3)10-7-9(19(16,17)18)8-11(12(10)15)14(4,5)6/h4-19H,3H2,1-2H3;7-8,15H,1-6H3,(H,16,17,18)/q+1;/p-1. The maximum absolute atomic E-state index is 11.3. The molecule has 6 heteroatoms. The summed E-state index contributed by atoms with van der Waals surface area (Å²) in [5.41, 5.74) is 0.633. The van der Waals surface area contributed by atoms with Gasteiger partial charge in [-0.2, -0.15) is 0 Å². The molecule has 4 aromatic carbocycles. The lowest BCUT2D eigenvalue weighted by Crippen LogP contribution is -2.37. The summed E-state index contributed by atoms with van der Waals surface area (Å²) < 4.78 is 33.8. The van der Waals surface area contributed by atoms with Crippen molar-refractivity contribution in [1.29, 1.82) is 0 Å². The molecule has 1 unspecified atom stereocenters. The summed E-state index contributed by atoms with van der Waals surface area (Å²) in [4.78, 5) is -0.292. The lowest BCUT2D eigenvalue weighted by Gasteiger charge is -2.32. The lowest BCUT2D eigenvalue weighted by molar-refractivity contribution is 0.420. The predicted molar refractivity (Wildman–Crippen MR) is 178 cm³/mol. The third-order valence-corrected chi connectivity index (χ3v) is 13.6. The fraction of sp³-hybridized carbons (Fsp3) is 0.333. The number of phenols is 1. The van der Waals surface area contributed by atoms with Crippen molar-refractivity contribution in [2.45, 2.75) is 83.2 Å². The smallest absolute Gasteiger partial charge is 0.124 e. The summed E-state index contributed by atoms with van der Waals surface area (Å²) in [6.45, 7) is 15.9. The number of phenolic OH excluding ortho intramolecular Hbond substituents is 1. The molecule has 0 aliphatic carbocycles. The highest BCUT2D eigenvalue weighted by atomic mass is 32.2. The Balaban J connectivity index is 0.000000236. The molecule has 4 nitrogen and oxygen atoms in total. The van der Waals surface area contributed by atoms with E-state index in [9.17, 15) is 18.1 Å². The maximum atomic E-state index is 11.3. The van der Waals surface area contributed by atoms with Crippen LogP contribution in [0, 0.1) is 0 Å². The fourth-order valence-electron chi connectivity index (χ4n) is 5.37. The van der Waals surface area contributed by atoms with Crippen molar-refractivity contribution in [1.82, 2.24) is 0 Å². The van der Waals surface area contributed by atoms with Gasteiger partial charge in [-0.1, -0.05) is 103 Å². The van der Waals surface area contributed by atoms with E-state index in [4.69, 9.17) is 0 Å². The molecule has 0 fully saturated rings. The van der Waals surface area contributed by atoms with Gasteiger partial charge in [0.2, 0.25) is 0 Å². The molecule has 1 atom stereocenters. The fourth-order valence-corrected chi connectivity index (χ4v) is 10.8. The quantitative estimate of drug-likeness (QED) is 0.181. The predicted octanol–water partition coefficient (Wildman–Crippen LogP) is 7.67. The molecule has 42 heavy (non-hydrogen) atoms. The van der Waals surface area contributed by atoms with Gasteiger partial charge < -0.3 is 9.66 Å². The summed E-state index contributed by atoms with van der Waals surface area (Å²) in [5, 5.41) is 14.8. The second-order valence-electron chi connectivity index (χ2n) is 12.8. The van der Waals surface area contributed by atoms with E-state index in [1.165, 1.54) is 34.5 Å². The van der Waals surface area contributed by atoms with Crippen LogP contribution in [0.25, 0.3) is 0 Å². The molecular weight excluding hydrogens is 559 g/mol. The SMILES string of the molecule is CC(C)(C)c1cc(S(=O)(=O)[O-])cc(C(C)(C)C)c1O.CCC(C)[P+](c1ccccc1)(c1ccccc1)c1ccccc1. The van der Waals surface area contributed by atoms with Crippen LogP contribution in [-0.4, -0.2) is 23.7 Å². The van der Waals surface area contributed by atoms with Crippen LogP contribution in [0.1, 0.15) is 72.9 Å². The molecular formula is C36H45O4PS. The Labute approximate surface area is 253 Å². The zero-order valence-corrected chi connectivity index (χ0v) is 27.8. The number of hydrogen-bond donors (Lipinski definition) is 1. The first-order valence-corrected chi connectivity index (χ1v) is 17.7. The van der Waals surface area contributed by atoms with Crippen LogP contribution in [0.5, 0.6) is 5.75 Å². The van der Waals surface area contributed by atoms with E-state index in [1.807, 2.05) is 41.5 Å². The first kappa shape index (κ1) is 33.5. The van der Waals surface area contributed by atoms with Crippen molar-refractivity contribution >= 4 is 33.3 Å². The van der Waals surface area contributed by atoms with Gasteiger partial charge in [-0.3, -0.25) is 0 Å². The minimum atomic E-state index is -4.55. The molecule has 224 valence electrons. The highest BCUT2D eigenvalue weighted by molar-refractivity contribution is 7.96. The Morgan fingerprint density at radius 2 is 1.00 bits per heavy atom. The molecule has 0 heterocycles. The van der Waals surface area contributed by atoms with Crippen molar-refractivity contribution in [3.05, 3.63) is 114 Å². The molecule has 0 amide bonds. The van der Waals surface area contributed by atoms with Crippen molar-refractivity contribution in [2.75, 3.05) is 0 Å². The van der Waals surface area contributed by atoms with Crippen LogP contribution < -0.4 is 15.9 Å². The summed E-state index contributed by atoms with van der Waals surface area (Å²) in [7, 11) is -6.19. The summed E-state index contributed by atoms with van der Waals surface area (Å²) in [6.07, 6.45) is 1.17. The van der Waals surface area contributed by atoms with Crippen LogP contribution in [0.4, 0.5) is 0 Å². The van der Waals surface area contributed by atoms with E-state index in [0.717, 1.165) is 0 Å². The summed E-state index contributed by atoms with van der Waals surface area (Å²) >= 11 is 0. The van der Waals surface area contributed by atoms with Gasteiger partial charge in [0, 0.05) is 11.1 Å². The Morgan fingerprint density at radius 1 is 0.690 bits per heavy atom. The van der Waals surface area contributed by atoms with Crippen molar-refractivity contribution in [3.63, 3.8) is 0 Å². The summed E-state index contributed by atoms with van der Waals surface area (Å²) in [6, 6.07) is 35.9. The number of aromatic hydroxyl groups is 1. The van der Waals surface area contributed by atoms with Crippen LogP contribution in [0.2, 0.25) is 0 Å². The average Bonchev–Trinajstić information content (AvgIpc) is 2.93. The first-order valence-electron chi connectivity index (χ1n) is 14.4. The molecule has 0 radical (unpaired) electrons. The molecule has 0 saturated heterocycles. The van der Waals surface area contributed by atoms with Gasteiger partial charge in [-0.05, 0) is 72.7 Å². The average molecular weight is 605 g/mol. The van der Waals surface area contributed by atoms with Crippen LogP contribution in [-0.2, 0) is 20.9 Å². The van der Waals surface area contributed by atoms with E-state index < -0.39 is 28.2 Å². The van der Waals surface area contributed by atoms with E-state index >= 15 is 0 Å². The third kappa shape index (κ3) is 7.32. The van der Waals surface area contributed by atoms with Crippen molar-refractivity contribution in [2.24, 2.45) is 0 Å². The van der Waals surface area contributed by atoms with Crippen molar-refractivity contribution in [3.8, 4) is 5.75 Å². The zero-order chi connectivity index (χ0) is 31.3. The number of rotatable bonds is 6. The van der Waals surface area contributed by atoms with Crippen molar-refractivity contribution < 1.29 is 18.1 Å². The topological polar surface area (TPSA) is 77.4 Å². The minimum absolute atomic E-state index is 0.0624. The van der Waals surface area contributed by atoms with Crippen LogP contribution >= 0.6 is 7.26 Å². The molecule has 4 rings (SSSR count). The van der Waals surface area contributed by atoms with E-state index in [0.29, 0.717) is 16.8 Å². The molecule has 0 aliphatic heterocycles. The van der Waals surface area contributed by atoms with Gasteiger partial charge in [-0.15, -0.1) is 0 Å². The maximum Gasteiger partial charge on any atom is 0.124 e. The molecule has 0 spiro atoms. The van der Waals surface area contributed by atoms with E-state index in [-0.39, 0.29) is 10.6 Å². The zero-order valence-electron chi connectivity index (χ0n) is 26.1. The van der Waals surface area contributed by atoms with Crippen LogP contribution in [0.15, 0.2) is 108 Å². The molecule has 0 saturated carbocycles. The Hall–Kier alpha value is -2.98. The van der Waals surface area contributed by atoms with E-state index in [1.54, 1.807) is 0 Å².